The molecule has 0 aliphatic rings. The summed E-state index contributed by atoms with van der Waals surface area (Å²) in [6.45, 7) is 1.87. The molecule has 0 amide bonds. The fraction of sp³-hybridized carbons (Fsp3) is 0.385. The molecule has 0 aliphatic heterocycles. The smallest absolute Gasteiger partial charge is 0.328 e. The maximum atomic E-state index is 11.8. The lowest BCUT2D eigenvalue weighted by atomic mass is 9.97. The van der Waals surface area contributed by atoms with Gasteiger partial charge in [-0.15, -0.1) is 0 Å². The molecule has 0 unspecified atom stereocenters. The minimum atomic E-state index is -0.815. The summed E-state index contributed by atoms with van der Waals surface area (Å²) in [5.74, 6) is -0.883. The second-order valence-corrected chi connectivity index (χ2v) is 4.65. The molecule has 1 aromatic heterocycles. The van der Waals surface area contributed by atoms with E-state index in [1.54, 1.807) is 23.2 Å². The lowest BCUT2D eigenvalue weighted by Gasteiger charge is -2.09. The third-order valence-electron chi connectivity index (χ3n) is 3.35. The van der Waals surface area contributed by atoms with Gasteiger partial charge in [-0.3, -0.25) is 13.9 Å². The largest absolute Gasteiger partial charge is 0.481 e. The summed E-state index contributed by atoms with van der Waals surface area (Å²) in [4.78, 5) is 22.5. The molecular weight excluding hydrogens is 232 g/mol. The van der Waals surface area contributed by atoms with Crippen LogP contribution < -0.4 is 5.69 Å². The summed E-state index contributed by atoms with van der Waals surface area (Å²) in [7, 11) is 3.45. The lowest BCUT2D eigenvalue weighted by Crippen LogP contribution is -2.19. The van der Waals surface area contributed by atoms with Gasteiger partial charge in [-0.25, -0.2) is 4.79 Å². The standard InChI is InChI=1S/C13H16N2O3/c1-8(6-12(16)17)9-4-5-10-11(7-9)15(3)13(18)14(10)2/h4-5,7-8H,6H2,1-3H3,(H,16,17)/t8-/m0/s1. The first-order chi connectivity index (χ1) is 8.41. The molecule has 96 valence electrons. The molecule has 1 N–H and O–H groups in total. The van der Waals surface area contributed by atoms with Crippen LogP contribution in [0.5, 0.6) is 0 Å². The van der Waals surface area contributed by atoms with Crippen molar-refractivity contribution in [3.8, 4) is 0 Å². The van der Waals surface area contributed by atoms with Gasteiger partial charge in [0.15, 0.2) is 0 Å². The highest BCUT2D eigenvalue weighted by Gasteiger charge is 2.13. The van der Waals surface area contributed by atoms with Gasteiger partial charge in [0, 0.05) is 14.1 Å². The van der Waals surface area contributed by atoms with Crippen molar-refractivity contribution in [2.45, 2.75) is 19.3 Å². The van der Waals surface area contributed by atoms with Crippen LogP contribution in [-0.4, -0.2) is 20.2 Å². The van der Waals surface area contributed by atoms with Gasteiger partial charge in [0.25, 0.3) is 0 Å². The number of nitrogens with zero attached hydrogens (tertiary/aromatic N) is 2. The molecule has 2 rings (SSSR count). The van der Waals surface area contributed by atoms with Gasteiger partial charge in [-0.2, -0.15) is 0 Å². The van der Waals surface area contributed by atoms with Gasteiger partial charge >= 0.3 is 11.7 Å². The number of aryl methyl sites for hydroxylation is 2. The minimum absolute atomic E-state index is 0.0674. The number of rotatable bonds is 3. The van der Waals surface area contributed by atoms with Crippen LogP contribution in [0.2, 0.25) is 0 Å². The van der Waals surface area contributed by atoms with E-state index in [9.17, 15) is 9.59 Å². The van der Waals surface area contributed by atoms with Gasteiger partial charge < -0.3 is 5.11 Å². The molecule has 0 fully saturated rings. The number of fused-ring (bicyclic) bond motifs is 1. The average molecular weight is 248 g/mol. The summed E-state index contributed by atoms with van der Waals surface area (Å²) in [5.41, 5.74) is 2.55. The van der Waals surface area contributed by atoms with Crippen LogP contribution in [0.4, 0.5) is 0 Å². The van der Waals surface area contributed by atoms with E-state index in [1.165, 1.54) is 0 Å². The number of hydrogen-bond donors (Lipinski definition) is 1. The van der Waals surface area contributed by atoms with Crippen LogP contribution in [0.1, 0.15) is 24.8 Å². The van der Waals surface area contributed by atoms with Crippen molar-refractivity contribution in [1.29, 1.82) is 0 Å². The number of carboxylic acid groups (broad SMARTS) is 1. The Kier molecular flexibility index (Phi) is 2.98. The van der Waals surface area contributed by atoms with Crippen LogP contribution >= 0.6 is 0 Å². The minimum Gasteiger partial charge on any atom is -0.481 e. The highest BCUT2D eigenvalue weighted by Crippen LogP contribution is 2.23. The molecule has 18 heavy (non-hydrogen) atoms. The first-order valence-electron chi connectivity index (χ1n) is 5.79. The molecule has 1 heterocycles. The monoisotopic (exact) mass is 248 g/mol. The zero-order chi connectivity index (χ0) is 13.4. The normalized spacial score (nSPS) is 12.8. The van der Waals surface area contributed by atoms with Gasteiger partial charge in [-0.05, 0) is 23.6 Å². The Labute approximate surface area is 104 Å². The van der Waals surface area contributed by atoms with Gasteiger partial charge in [0.2, 0.25) is 0 Å². The predicted octanol–water partition coefficient (Wildman–Crippen LogP) is 1.46. The number of carboxylic acids is 1. The molecule has 5 heteroatoms. The number of hydrogen-bond acceptors (Lipinski definition) is 2. The molecule has 5 nitrogen and oxygen atoms in total. The maximum Gasteiger partial charge on any atom is 0.328 e. The van der Waals surface area contributed by atoms with E-state index in [1.807, 2.05) is 25.1 Å². The number of aromatic nitrogens is 2. The van der Waals surface area contributed by atoms with E-state index < -0.39 is 5.97 Å². The topological polar surface area (TPSA) is 64.2 Å². The summed E-state index contributed by atoms with van der Waals surface area (Å²) in [5, 5.41) is 8.80. The molecule has 0 bridgehead atoms. The predicted molar refractivity (Wildman–Crippen MR) is 68.8 cm³/mol. The van der Waals surface area contributed by atoms with Crippen LogP contribution in [0.15, 0.2) is 23.0 Å². The Balaban J connectivity index is 2.54. The van der Waals surface area contributed by atoms with E-state index in [-0.39, 0.29) is 18.0 Å². The fourth-order valence-corrected chi connectivity index (χ4v) is 2.21. The number of aliphatic carboxylic acids is 1. The Hall–Kier alpha value is -2.04. The van der Waals surface area contributed by atoms with Crippen molar-refractivity contribution in [2.75, 3.05) is 0 Å². The lowest BCUT2D eigenvalue weighted by molar-refractivity contribution is -0.137. The van der Waals surface area contributed by atoms with Crippen LogP contribution in [0.25, 0.3) is 11.0 Å². The van der Waals surface area contributed by atoms with E-state index >= 15 is 0 Å². The van der Waals surface area contributed by atoms with E-state index in [4.69, 9.17) is 5.11 Å². The summed E-state index contributed by atoms with van der Waals surface area (Å²) in [6.07, 6.45) is 0.0896. The molecule has 0 radical (unpaired) electrons. The maximum absolute atomic E-state index is 11.8. The second kappa shape index (κ2) is 4.33. The van der Waals surface area contributed by atoms with E-state index in [0.29, 0.717) is 0 Å². The molecule has 0 saturated heterocycles. The van der Waals surface area contributed by atoms with Crippen LogP contribution in [0, 0.1) is 0 Å². The first-order valence-corrected chi connectivity index (χ1v) is 5.79. The van der Waals surface area contributed by atoms with E-state index in [2.05, 4.69) is 0 Å². The SMILES string of the molecule is C[C@@H](CC(=O)O)c1ccc2c(c1)n(C)c(=O)n2C. The quantitative estimate of drug-likeness (QED) is 0.894. The second-order valence-electron chi connectivity index (χ2n) is 4.65. The Morgan fingerprint density at radius 2 is 1.89 bits per heavy atom. The van der Waals surface area contributed by atoms with Crippen molar-refractivity contribution in [2.24, 2.45) is 14.1 Å². The number of carbonyl (C=O) groups is 1. The summed E-state index contributed by atoms with van der Waals surface area (Å²) < 4.78 is 3.16. The highest BCUT2D eigenvalue weighted by molar-refractivity contribution is 5.77. The number of imidazole rings is 1. The van der Waals surface area contributed by atoms with Crippen LogP contribution in [-0.2, 0) is 18.9 Å². The number of benzene rings is 1. The van der Waals surface area contributed by atoms with Gasteiger partial charge in [-0.1, -0.05) is 13.0 Å². The molecule has 2 aromatic rings. The molecule has 0 aliphatic carbocycles. The third kappa shape index (κ3) is 1.92. The molecule has 0 spiro atoms. The van der Waals surface area contributed by atoms with Crippen molar-refractivity contribution in [3.63, 3.8) is 0 Å². The third-order valence-corrected chi connectivity index (χ3v) is 3.35. The Morgan fingerprint density at radius 3 is 2.50 bits per heavy atom. The van der Waals surface area contributed by atoms with Crippen LogP contribution in [0.3, 0.4) is 0 Å². The van der Waals surface area contributed by atoms with Crippen molar-refractivity contribution in [1.82, 2.24) is 9.13 Å². The Morgan fingerprint density at radius 1 is 1.28 bits per heavy atom. The molecule has 1 atom stereocenters. The average Bonchev–Trinajstić information content (AvgIpc) is 2.53. The highest BCUT2D eigenvalue weighted by atomic mass is 16.4. The van der Waals surface area contributed by atoms with Crippen molar-refractivity contribution in [3.05, 3.63) is 34.2 Å². The summed E-state index contributed by atoms with van der Waals surface area (Å²) >= 11 is 0. The van der Waals surface area contributed by atoms with E-state index in [0.717, 1.165) is 16.6 Å². The van der Waals surface area contributed by atoms with Gasteiger partial charge in [0.1, 0.15) is 0 Å². The molecule has 1 aromatic carbocycles. The van der Waals surface area contributed by atoms with Crippen molar-refractivity contribution < 1.29 is 9.90 Å². The first kappa shape index (κ1) is 12.4. The molecular formula is C13H16N2O3. The fourth-order valence-electron chi connectivity index (χ4n) is 2.21. The molecule has 0 saturated carbocycles. The zero-order valence-corrected chi connectivity index (χ0v) is 10.7. The Bertz CT molecular complexity index is 667. The zero-order valence-electron chi connectivity index (χ0n) is 10.7. The van der Waals surface area contributed by atoms with Crippen molar-refractivity contribution >= 4 is 17.0 Å². The summed E-state index contributed by atoms with van der Waals surface area (Å²) in [6, 6.07) is 5.64. The van der Waals surface area contributed by atoms with Gasteiger partial charge in [0.05, 0.1) is 17.5 Å².